The summed E-state index contributed by atoms with van der Waals surface area (Å²) in [6, 6.07) is 0. The molecule has 1 N–H and O–H groups in total. The molecule has 2 nitrogen and oxygen atoms in total. The lowest BCUT2D eigenvalue weighted by Gasteiger charge is -2.17. The largest absolute Gasteiger partial charge is 0.388 e. The first-order chi connectivity index (χ1) is 4.22. The van der Waals surface area contributed by atoms with Gasteiger partial charge in [0.25, 0.3) is 0 Å². The van der Waals surface area contributed by atoms with Crippen LogP contribution in [0.3, 0.4) is 0 Å². The number of Topliss-reactive ketones (excluding diaryl/α,β-unsaturated/α-hetero) is 1. The van der Waals surface area contributed by atoms with Gasteiger partial charge in [0.1, 0.15) is 0 Å². The van der Waals surface area contributed by atoms with Crippen molar-refractivity contribution in [3.05, 3.63) is 12.2 Å². The minimum absolute atomic E-state index is 0.0220. The zero-order valence-electron chi connectivity index (χ0n) is 5.26. The number of rotatable bonds is 0. The van der Waals surface area contributed by atoms with Crippen molar-refractivity contribution in [1.82, 2.24) is 0 Å². The van der Waals surface area contributed by atoms with Crippen molar-refractivity contribution in [2.75, 3.05) is 0 Å². The van der Waals surface area contributed by atoms with Crippen molar-refractivity contribution in [2.24, 2.45) is 0 Å². The zero-order chi connectivity index (χ0) is 6.85. The van der Waals surface area contributed by atoms with Crippen molar-refractivity contribution in [3.8, 4) is 0 Å². The minimum Gasteiger partial charge on any atom is -0.388 e. The number of aliphatic hydroxyl groups excluding tert-OH is 1. The second-order valence-electron chi connectivity index (χ2n) is 2.36. The third-order valence-corrected chi connectivity index (χ3v) is 1.64. The van der Waals surface area contributed by atoms with Crippen LogP contribution in [0.1, 0.15) is 19.3 Å². The fraction of sp³-hybridized carbons (Fsp3) is 0.571. The molecule has 1 rings (SSSR count). The summed E-state index contributed by atoms with van der Waals surface area (Å²) in [5.74, 6) is 0.0220. The molecule has 0 amide bonds. The lowest BCUT2D eigenvalue weighted by atomic mass is 9.92. The molecule has 9 heavy (non-hydrogen) atoms. The van der Waals surface area contributed by atoms with Gasteiger partial charge in [0.05, 0.1) is 6.10 Å². The molecule has 1 aliphatic carbocycles. The van der Waals surface area contributed by atoms with E-state index in [2.05, 4.69) is 6.58 Å². The summed E-state index contributed by atoms with van der Waals surface area (Å²) in [5.41, 5.74) is 0.390. The maximum absolute atomic E-state index is 10.7. The minimum atomic E-state index is -0.564. The molecule has 50 valence electrons. The molecule has 0 aromatic heterocycles. The van der Waals surface area contributed by atoms with Crippen molar-refractivity contribution < 1.29 is 9.90 Å². The molecule has 1 fully saturated rings. The van der Waals surface area contributed by atoms with Crippen LogP contribution in [0.25, 0.3) is 0 Å². The highest BCUT2D eigenvalue weighted by Gasteiger charge is 2.20. The molecule has 1 aliphatic rings. The van der Waals surface area contributed by atoms with Gasteiger partial charge in [-0.25, -0.2) is 0 Å². The van der Waals surface area contributed by atoms with Crippen LogP contribution in [0.15, 0.2) is 12.2 Å². The fourth-order valence-corrected chi connectivity index (χ4v) is 0.977. The van der Waals surface area contributed by atoms with Gasteiger partial charge in [-0.1, -0.05) is 6.58 Å². The Balaban J connectivity index is 2.62. The maximum atomic E-state index is 10.7. The number of ketones is 1. The number of carbonyl (C=O) groups excluding carboxylic acids is 1. The molecule has 0 bridgehead atoms. The topological polar surface area (TPSA) is 37.3 Å². The molecule has 1 unspecified atom stereocenters. The Morgan fingerprint density at radius 2 is 2.33 bits per heavy atom. The molecule has 0 saturated heterocycles. The molecule has 1 saturated carbocycles. The summed E-state index contributed by atoms with van der Waals surface area (Å²) in [5, 5.41) is 9.03. The van der Waals surface area contributed by atoms with Gasteiger partial charge in [0, 0.05) is 12.0 Å². The van der Waals surface area contributed by atoms with Crippen LogP contribution in [0.5, 0.6) is 0 Å². The van der Waals surface area contributed by atoms with E-state index in [1.54, 1.807) is 0 Å². The average molecular weight is 126 g/mol. The van der Waals surface area contributed by atoms with Crippen molar-refractivity contribution in [2.45, 2.75) is 25.4 Å². The molecular formula is C7H10O2. The molecule has 0 aliphatic heterocycles. The molecule has 1 atom stereocenters. The molecule has 0 radical (unpaired) electrons. The summed E-state index contributed by atoms with van der Waals surface area (Å²) in [6.07, 6.45) is 1.51. The summed E-state index contributed by atoms with van der Waals surface area (Å²) < 4.78 is 0. The van der Waals surface area contributed by atoms with Gasteiger partial charge in [-0.3, -0.25) is 4.79 Å². The van der Waals surface area contributed by atoms with Gasteiger partial charge in [-0.05, 0) is 12.8 Å². The van der Waals surface area contributed by atoms with E-state index in [0.717, 1.165) is 6.42 Å². The van der Waals surface area contributed by atoms with Crippen LogP contribution in [0.4, 0.5) is 0 Å². The smallest absolute Gasteiger partial charge is 0.160 e. The van der Waals surface area contributed by atoms with Crippen molar-refractivity contribution in [3.63, 3.8) is 0 Å². The van der Waals surface area contributed by atoms with E-state index in [-0.39, 0.29) is 5.78 Å². The Bertz CT molecular complexity index is 149. The first-order valence-electron chi connectivity index (χ1n) is 3.12. The van der Waals surface area contributed by atoms with E-state index in [1.807, 2.05) is 0 Å². The second-order valence-corrected chi connectivity index (χ2v) is 2.36. The van der Waals surface area contributed by atoms with E-state index in [0.29, 0.717) is 18.4 Å². The number of carbonyl (C=O) groups is 1. The Hall–Kier alpha value is -0.630. The van der Waals surface area contributed by atoms with Gasteiger partial charge in [0.15, 0.2) is 5.78 Å². The predicted octanol–water partition coefficient (Wildman–Crippen LogP) is 0.656. The number of aliphatic hydroxyl groups is 1. The quantitative estimate of drug-likeness (QED) is 0.484. The second kappa shape index (κ2) is 2.31. The Labute approximate surface area is 54.2 Å². The zero-order valence-corrected chi connectivity index (χ0v) is 5.26. The lowest BCUT2D eigenvalue weighted by molar-refractivity contribution is -0.117. The van der Waals surface area contributed by atoms with Crippen LogP contribution in [-0.4, -0.2) is 17.0 Å². The van der Waals surface area contributed by atoms with Crippen molar-refractivity contribution in [1.29, 1.82) is 0 Å². The summed E-state index contributed by atoms with van der Waals surface area (Å²) in [6.45, 7) is 3.48. The van der Waals surface area contributed by atoms with Gasteiger partial charge in [-0.2, -0.15) is 0 Å². The monoisotopic (exact) mass is 126 g/mol. The molecule has 0 spiro atoms. The van der Waals surface area contributed by atoms with E-state index < -0.39 is 6.10 Å². The van der Waals surface area contributed by atoms with Gasteiger partial charge in [-0.15, -0.1) is 0 Å². The molecule has 0 aromatic rings. The Morgan fingerprint density at radius 3 is 2.78 bits per heavy atom. The average Bonchev–Trinajstić information content (AvgIpc) is 1.83. The SMILES string of the molecule is C=C1C(=O)CCCC1O. The molecule has 2 heteroatoms. The van der Waals surface area contributed by atoms with E-state index in [9.17, 15) is 4.79 Å². The third-order valence-electron chi connectivity index (χ3n) is 1.64. The van der Waals surface area contributed by atoms with E-state index in [4.69, 9.17) is 5.11 Å². The lowest BCUT2D eigenvalue weighted by Crippen LogP contribution is -2.22. The summed E-state index contributed by atoms with van der Waals surface area (Å²) in [7, 11) is 0. The van der Waals surface area contributed by atoms with Crippen LogP contribution >= 0.6 is 0 Å². The van der Waals surface area contributed by atoms with Crippen LogP contribution in [-0.2, 0) is 4.79 Å². The molecular weight excluding hydrogens is 116 g/mol. The highest BCUT2D eigenvalue weighted by molar-refractivity contribution is 5.96. The van der Waals surface area contributed by atoms with E-state index >= 15 is 0 Å². The van der Waals surface area contributed by atoms with Crippen molar-refractivity contribution >= 4 is 5.78 Å². The maximum Gasteiger partial charge on any atom is 0.160 e. The summed E-state index contributed by atoms with van der Waals surface area (Å²) in [4.78, 5) is 10.7. The van der Waals surface area contributed by atoms with Gasteiger partial charge in [0.2, 0.25) is 0 Å². The summed E-state index contributed by atoms with van der Waals surface area (Å²) >= 11 is 0. The Morgan fingerprint density at radius 1 is 1.67 bits per heavy atom. The standard InChI is InChI=1S/C7H10O2/c1-5-6(8)3-2-4-7(5)9/h6,8H,1-4H2. The molecule has 0 aromatic carbocycles. The number of hydrogen-bond acceptors (Lipinski definition) is 2. The first kappa shape index (κ1) is 6.49. The third kappa shape index (κ3) is 1.19. The fourth-order valence-electron chi connectivity index (χ4n) is 0.977. The highest BCUT2D eigenvalue weighted by Crippen LogP contribution is 2.18. The van der Waals surface area contributed by atoms with Crippen LogP contribution in [0, 0.1) is 0 Å². The molecule has 0 heterocycles. The van der Waals surface area contributed by atoms with E-state index in [1.165, 1.54) is 0 Å². The Kier molecular flexibility index (Phi) is 1.67. The first-order valence-corrected chi connectivity index (χ1v) is 3.12. The van der Waals surface area contributed by atoms with Crippen LogP contribution < -0.4 is 0 Å². The predicted molar refractivity (Wildman–Crippen MR) is 34.0 cm³/mol. The highest BCUT2D eigenvalue weighted by atomic mass is 16.3. The van der Waals surface area contributed by atoms with Crippen LogP contribution in [0.2, 0.25) is 0 Å². The number of hydrogen-bond donors (Lipinski definition) is 1. The van der Waals surface area contributed by atoms with Gasteiger partial charge >= 0.3 is 0 Å². The van der Waals surface area contributed by atoms with Gasteiger partial charge < -0.3 is 5.11 Å². The normalized spacial score (nSPS) is 28.8.